The third-order valence-electron chi connectivity index (χ3n) is 3.54. The molecule has 0 radical (unpaired) electrons. The second-order valence-corrected chi connectivity index (χ2v) is 5.20. The predicted molar refractivity (Wildman–Crippen MR) is 98.1 cm³/mol. The highest BCUT2D eigenvalue weighted by molar-refractivity contribution is 8.93. The van der Waals surface area contributed by atoms with Crippen LogP contribution >= 0.6 is 17.0 Å². The Morgan fingerprint density at radius 3 is 2.62 bits per heavy atom. The van der Waals surface area contributed by atoms with Gasteiger partial charge in [-0.3, -0.25) is 4.79 Å². The fourth-order valence-electron chi connectivity index (χ4n) is 2.41. The first-order valence-electron chi connectivity index (χ1n) is 7.32. The molecule has 3 rings (SSSR count). The van der Waals surface area contributed by atoms with Gasteiger partial charge in [-0.25, -0.2) is 4.98 Å². The van der Waals surface area contributed by atoms with E-state index in [0.29, 0.717) is 18.1 Å². The van der Waals surface area contributed by atoms with Gasteiger partial charge in [0.15, 0.2) is 5.78 Å². The molecule has 0 aliphatic heterocycles. The number of para-hydroxylation sites is 1. The Hall–Kier alpha value is -2.38. The smallest absolute Gasteiger partial charge is 0.201 e. The van der Waals surface area contributed by atoms with E-state index in [2.05, 4.69) is 15.3 Å². The number of fused-ring (bicyclic) bond motifs is 1. The summed E-state index contributed by atoms with van der Waals surface area (Å²) in [6.07, 6.45) is 0.229. The summed E-state index contributed by atoms with van der Waals surface area (Å²) in [5.41, 5.74) is 2.95. The number of aliphatic hydroxyl groups is 1. The number of phenols is 1. The quantitative estimate of drug-likeness (QED) is 0.484. The Labute approximate surface area is 149 Å². The molecule has 0 unspecified atom stereocenters. The number of nitrogens with one attached hydrogen (secondary N) is 2. The van der Waals surface area contributed by atoms with E-state index >= 15 is 0 Å². The maximum Gasteiger partial charge on any atom is 0.201 e. The number of carbonyl (C=O) groups is 1. The van der Waals surface area contributed by atoms with Gasteiger partial charge in [-0.15, -0.1) is 17.0 Å². The lowest BCUT2D eigenvalue weighted by Gasteiger charge is -2.03. The average molecular weight is 392 g/mol. The van der Waals surface area contributed by atoms with Gasteiger partial charge >= 0.3 is 0 Å². The van der Waals surface area contributed by atoms with Crippen LogP contribution in [0.2, 0.25) is 0 Å². The Morgan fingerprint density at radius 2 is 1.92 bits per heavy atom. The molecule has 0 saturated carbocycles. The normalized spacial score (nSPS) is 10.4. The number of hydrogen-bond acceptors (Lipinski definition) is 5. The summed E-state index contributed by atoms with van der Waals surface area (Å²) in [6.45, 7) is 0.421. The van der Waals surface area contributed by atoms with Crippen molar-refractivity contribution in [1.29, 1.82) is 0 Å². The van der Waals surface area contributed by atoms with Crippen LogP contribution in [0.1, 0.15) is 15.9 Å². The Bertz CT molecular complexity index is 831. The molecule has 6 nitrogen and oxygen atoms in total. The number of aromatic amines is 1. The zero-order chi connectivity index (χ0) is 16.2. The summed E-state index contributed by atoms with van der Waals surface area (Å²) in [4.78, 5) is 19.9. The van der Waals surface area contributed by atoms with E-state index < -0.39 is 0 Å². The van der Waals surface area contributed by atoms with E-state index in [9.17, 15) is 9.90 Å². The lowest BCUT2D eigenvalue weighted by molar-refractivity contribution is 0.0993. The predicted octanol–water partition coefficient (Wildman–Crippen LogP) is 2.68. The van der Waals surface area contributed by atoms with Gasteiger partial charge in [-0.05, 0) is 35.9 Å². The van der Waals surface area contributed by atoms with E-state index in [1.807, 2.05) is 18.2 Å². The van der Waals surface area contributed by atoms with E-state index in [1.54, 1.807) is 12.1 Å². The molecule has 0 aliphatic carbocycles. The third-order valence-corrected chi connectivity index (χ3v) is 3.54. The maximum atomic E-state index is 12.4. The number of phenolic OH excluding ortho intramolecular Hbond substituents is 1. The molecule has 0 atom stereocenters. The fourth-order valence-corrected chi connectivity index (χ4v) is 2.41. The molecule has 1 aromatic heterocycles. The molecule has 0 fully saturated rings. The van der Waals surface area contributed by atoms with Crippen molar-refractivity contribution in [3.05, 3.63) is 53.6 Å². The number of anilines is 1. The van der Waals surface area contributed by atoms with Gasteiger partial charge in [0.25, 0.3) is 0 Å². The van der Waals surface area contributed by atoms with E-state index in [0.717, 1.165) is 16.6 Å². The molecule has 4 N–H and O–H groups in total. The monoisotopic (exact) mass is 391 g/mol. The number of carbonyl (C=O) groups excluding carboxylic acids is 1. The maximum absolute atomic E-state index is 12.4. The molecule has 0 aliphatic rings. The Morgan fingerprint density at radius 1 is 1.17 bits per heavy atom. The largest absolute Gasteiger partial charge is 0.508 e. The summed E-state index contributed by atoms with van der Waals surface area (Å²) >= 11 is 0. The Balaban J connectivity index is 0.00000208. The van der Waals surface area contributed by atoms with Crippen LogP contribution < -0.4 is 5.32 Å². The fraction of sp³-hybridized carbons (Fsp3) is 0.176. The third kappa shape index (κ3) is 3.93. The minimum atomic E-state index is -0.0367. The van der Waals surface area contributed by atoms with Crippen LogP contribution in [0.4, 0.5) is 5.95 Å². The van der Waals surface area contributed by atoms with Crippen LogP contribution in [0.15, 0.2) is 42.5 Å². The molecule has 24 heavy (non-hydrogen) atoms. The summed E-state index contributed by atoms with van der Waals surface area (Å²) < 4.78 is 0. The molecule has 3 aromatic rings. The van der Waals surface area contributed by atoms with Crippen molar-refractivity contribution in [2.45, 2.75) is 6.42 Å². The number of halogens is 1. The molecular formula is C17H18BrN3O3. The Kier molecular flexibility index (Phi) is 5.94. The van der Waals surface area contributed by atoms with Crippen molar-refractivity contribution in [3.63, 3.8) is 0 Å². The van der Waals surface area contributed by atoms with Crippen LogP contribution in [0.25, 0.3) is 11.0 Å². The molecule has 126 valence electrons. The van der Waals surface area contributed by atoms with Crippen molar-refractivity contribution in [2.24, 2.45) is 0 Å². The first kappa shape index (κ1) is 18.0. The number of nitrogens with zero attached hydrogens (tertiary/aromatic N) is 1. The number of ketones is 1. The zero-order valence-corrected chi connectivity index (χ0v) is 14.5. The number of benzene rings is 2. The number of rotatable bonds is 6. The number of aromatic nitrogens is 2. The van der Waals surface area contributed by atoms with Crippen molar-refractivity contribution >= 4 is 39.7 Å². The van der Waals surface area contributed by atoms with Gasteiger partial charge in [-0.1, -0.05) is 12.1 Å². The van der Waals surface area contributed by atoms with Crippen molar-refractivity contribution in [1.82, 2.24) is 9.97 Å². The lowest BCUT2D eigenvalue weighted by atomic mass is 10.0. The minimum Gasteiger partial charge on any atom is -0.508 e. The van der Waals surface area contributed by atoms with Gasteiger partial charge in [0, 0.05) is 18.5 Å². The van der Waals surface area contributed by atoms with Gasteiger partial charge in [0.1, 0.15) is 5.75 Å². The average Bonchev–Trinajstić information content (AvgIpc) is 2.97. The molecule has 0 saturated heterocycles. The van der Waals surface area contributed by atoms with Crippen LogP contribution in [0.3, 0.4) is 0 Å². The standard InChI is InChI=1S/C17H17N3O3.BrH/c21-9-8-18-17-19-14-3-1-2-12(16(14)20-17)10-15(23)11-4-6-13(22)7-5-11;/h1-7,21-22H,8-10H2,(H2,18,19,20);1H. The number of hydrogen-bond donors (Lipinski definition) is 4. The number of aliphatic hydroxyl groups excluding tert-OH is 1. The van der Waals surface area contributed by atoms with E-state index in [1.165, 1.54) is 12.1 Å². The number of aromatic hydroxyl groups is 1. The summed E-state index contributed by atoms with van der Waals surface area (Å²) in [7, 11) is 0. The van der Waals surface area contributed by atoms with Crippen LogP contribution in [-0.4, -0.2) is 39.1 Å². The summed E-state index contributed by atoms with van der Waals surface area (Å²) in [5.74, 6) is 0.666. The van der Waals surface area contributed by atoms with E-state index in [-0.39, 0.29) is 41.5 Å². The van der Waals surface area contributed by atoms with Crippen molar-refractivity contribution in [3.8, 4) is 5.75 Å². The number of imidazole rings is 1. The molecule has 7 heteroatoms. The molecule has 2 aromatic carbocycles. The highest BCUT2D eigenvalue weighted by Gasteiger charge is 2.12. The lowest BCUT2D eigenvalue weighted by Crippen LogP contribution is -2.06. The first-order chi connectivity index (χ1) is 11.2. The van der Waals surface area contributed by atoms with Gasteiger partial charge in [0.05, 0.1) is 17.6 Å². The number of H-pyrrole nitrogens is 1. The van der Waals surface area contributed by atoms with Crippen LogP contribution in [0, 0.1) is 0 Å². The van der Waals surface area contributed by atoms with Gasteiger partial charge < -0.3 is 20.5 Å². The summed E-state index contributed by atoms with van der Waals surface area (Å²) in [5, 5.41) is 21.1. The molecule has 0 bridgehead atoms. The molecule has 1 heterocycles. The van der Waals surface area contributed by atoms with Crippen molar-refractivity contribution in [2.75, 3.05) is 18.5 Å². The van der Waals surface area contributed by atoms with Crippen molar-refractivity contribution < 1.29 is 15.0 Å². The minimum absolute atomic E-state index is 0. The van der Waals surface area contributed by atoms with Crippen LogP contribution in [0.5, 0.6) is 5.75 Å². The van der Waals surface area contributed by atoms with Gasteiger partial charge in [-0.2, -0.15) is 0 Å². The molecule has 0 spiro atoms. The zero-order valence-electron chi connectivity index (χ0n) is 12.8. The second-order valence-electron chi connectivity index (χ2n) is 5.20. The van der Waals surface area contributed by atoms with Gasteiger partial charge in [0.2, 0.25) is 5.95 Å². The van der Waals surface area contributed by atoms with E-state index in [4.69, 9.17) is 5.11 Å². The van der Waals surface area contributed by atoms with Crippen LogP contribution in [-0.2, 0) is 6.42 Å². The summed E-state index contributed by atoms with van der Waals surface area (Å²) in [6, 6.07) is 11.8. The molecule has 0 amide bonds. The highest BCUT2D eigenvalue weighted by Crippen LogP contribution is 2.21. The molecular weight excluding hydrogens is 374 g/mol. The topological polar surface area (TPSA) is 98.2 Å². The SMILES string of the molecule is Br.O=C(Cc1cccc2[nH]c(NCCO)nc12)c1ccc(O)cc1. The second kappa shape index (κ2) is 7.94. The first-order valence-corrected chi connectivity index (χ1v) is 7.32. The number of Topliss-reactive ketones (excluding diaryl/α,β-unsaturated/α-hetero) is 1. The highest BCUT2D eigenvalue weighted by atomic mass is 79.9.